The number of esters is 1. The van der Waals surface area contributed by atoms with Crippen molar-refractivity contribution in [1.29, 1.82) is 0 Å². The average Bonchev–Trinajstić information content (AvgIpc) is 3.38. The predicted molar refractivity (Wildman–Crippen MR) is 121 cm³/mol. The fourth-order valence-corrected chi connectivity index (χ4v) is 4.61. The number of nitrogens with one attached hydrogen (secondary N) is 1. The molecule has 166 valence electrons. The zero-order chi connectivity index (χ0) is 22.5. The van der Waals surface area contributed by atoms with Gasteiger partial charge < -0.3 is 24.3 Å². The molecular formula is C24H23NO6S. The fraction of sp³-hybridized carbons (Fsp3) is 0.250. The molecule has 1 aliphatic heterocycles. The van der Waals surface area contributed by atoms with Crippen molar-refractivity contribution < 1.29 is 28.5 Å². The SMILES string of the molecule is COC(=O)c1c(NC(=O)CCOc2ccccc2)sc(Cc2ccc3c(c2)OCO3)c1C. The van der Waals surface area contributed by atoms with Crippen molar-refractivity contribution in [1.82, 2.24) is 0 Å². The molecule has 2 aromatic carbocycles. The van der Waals surface area contributed by atoms with Crippen LogP contribution in [-0.2, 0) is 16.0 Å². The smallest absolute Gasteiger partial charge is 0.341 e. The van der Waals surface area contributed by atoms with Crippen LogP contribution in [0.1, 0.15) is 32.8 Å². The number of carbonyl (C=O) groups excluding carboxylic acids is 2. The van der Waals surface area contributed by atoms with Crippen LogP contribution < -0.4 is 19.5 Å². The predicted octanol–water partition coefficient (Wildman–Crippen LogP) is 4.57. The molecule has 7 nitrogen and oxygen atoms in total. The van der Waals surface area contributed by atoms with Crippen LogP contribution in [-0.4, -0.2) is 32.4 Å². The number of rotatable bonds is 8. The minimum Gasteiger partial charge on any atom is -0.493 e. The molecule has 0 bridgehead atoms. The highest BCUT2D eigenvalue weighted by Gasteiger charge is 2.24. The lowest BCUT2D eigenvalue weighted by molar-refractivity contribution is -0.116. The van der Waals surface area contributed by atoms with Crippen molar-refractivity contribution in [3.05, 3.63) is 70.1 Å². The van der Waals surface area contributed by atoms with Crippen molar-refractivity contribution in [3.8, 4) is 17.2 Å². The highest BCUT2D eigenvalue weighted by Crippen LogP contribution is 2.37. The number of carbonyl (C=O) groups is 2. The molecule has 1 aromatic heterocycles. The van der Waals surface area contributed by atoms with Crippen molar-refractivity contribution in [2.45, 2.75) is 19.8 Å². The molecule has 8 heteroatoms. The third kappa shape index (κ3) is 4.86. The lowest BCUT2D eigenvalue weighted by atomic mass is 10.1. The van der Waals surface area contributed by atoms with Crippen LogP contribution in [0, 0.1) is 6.92 Å². The van der Waals surface area contributed by atoms with Gasteiger partial charge in [-0.05, 0) is 42.3 Å². The summed E-state index contributed by atoms with van der Waals surface area (Å²) in [5.74, 6) is 1.41. The van der Waals surface area contributed by atoms with E-state index in [-0.39, 0.29) is 25.7 Å². The van der Waals surface area contributed by atoms with Gasteiger partial charge >= 0.3 is 5.97 Å². The van der Waals surface area contributed by atoms with Gasteiger partial charge in [0.05, 0.1) is 25.7 Å². The molecule has 3 aromatic rings. The van der Waals surface area contributed by atoms with Crippen LogP contribution in [0.5, 0.6) is 17.2 Å². The number of benzene rings is 2. The second-order valence-electron chi connectivity index (χ2n) is 7.17. The minimum absolute atomic E-state index is 0.157. The number of thiophene rings is 1. The van der Waals surface area contributed by atoms with Gasteiger partial charge in [0.1, 0.15) is 10.8 Å². The Labute approximate surface area is 189 Å². The summed E-state index contributed by atoms with van der Waals surface area (Å²) >= 11 is 1.37. The van der Waals surface area contributed by atoms with Crippen molar-refractivity contribution in [2.24, 2.45) is 0 Å². The Morgan fingerprint density at radius 3 is 2.66 bits per heavy atom. The number of amides is 1. The quantitative estimate of drug-likeness (QED) is 0.503. The molecule has 0 atom stereocenters. The van der Waals surface area contributed by atoms with Gasteiger partial charge in [0.15, 0.2) is 11.5 Å². The molecule has 0 saturated heterocycles. The summed E-state index contributed by atoms with van der Waals surface area (Å²) in [4.78, 5) is 25.9. The van der Waals surface area contributed by atoms with Crippen LogP contribution >= 0.6 is 11.3 Å². The average molecular weight is 454 g/mol. The lowest BCUT2D eigenvalue weighted by Gasteiger charge is -2.07. The second-order valence-corrected chi connectivity index (χ2v) is 8.28. The van der Waals surface area contributed by atoms with Crippen LogP contribution in [0.3, 0.4) is 0 Å². The first kappa shape index (κ1) is 21.7. The van der Waals surface area contributed by atoms with Gasteiger partial charge in [-0.15, -0.1) is 11.3 Å². The summed E-state index contributed by atoms with van der Waals surface area (Å²) in [7, 11) is 1.33. The Hall–Kier alpha value is -3.52. The van der Waals surface area contributed by atoms with E-state index in [1.54, 1.807) is 0 Å². The molecular weight excluding hydrogens is 430 g/mol. The molecule has 0 spiro atoms. The summed E-state index contributed by atoms with van der Waals surface area (Å²) in [5.41, 5.74) is 2.19. The fourth-order valence-electron chi connectivity index (χ4n) is 3.37. The van der Waals surface area contributed by atoms with Crippen LogP contribution in [0.15, 0.2) is 48.5 Å². The van der Waals surface area contributed by atoms with E-state index in [1.165, 1.54) is 18.4 Å². The molecule has 1 aliphatic rings. The normalized spacial score (nSPS) is 11.8. The molecule has 0 fully saturated rings. The molecule has 1 amide bonds. The van der Waals surface area contributed by atoms with Gasteiger partial charge in [-0.2, -0.15) is 0 Å². The summed E-state index contributed by atoms with van der Waals surface area (Å²) in [6, 6.07) is 15.1. The highest BCUT2D eigenvalue weighted by atomic mass is 32.1. The number of methoxy groups -OCH3 is 1. The van der Waals surface area contributed by atoms with Crippen LogP contribution in [0.2, 0.25) is 0 Å². The minimum atomic E-state index is -0.480. The molecule has 0 radical (unpaired) electrons. The topological polar surface area (TPSA) is 83.1 Å². The molecule has 2 heterocycles. The summed E-state index contributed by atoms with van der Waals surface area (Å²) in [6.07, 6.45) is 0.744. The highest BCUT2D eigenvalue weighted by molar-refractivity contribution is 7.17. The van der Waals surface area contributed by atoms with Gasteiger partial charge in [0.2, 0.25) is 12.7 Å². The Morgan fingerprint density at radius 2 is 1.88 bits per heavy atom. The Balaban J connectivity index is 1.47. The summed E-state index contributed by atoms with van der Waals surface area (Å²) in [6.45, 7) is 2.31. The van der Waals surface area contributed by atoms with E-state index in [4.69, 9.17) is 18.9 Å². The Morgan fingerprint density at radius 1 is 1.09 bits per heavy atom. The van der Waals surface area contributed by atoms with Gasteiger partial charge in [-0.3, -0.25) is 4.79 Å². The maximum absolute atomic E-state index is 12.5. The van der Waals surface area contributed by atoms with Crippen LogP contribution in [0.25, 0.3) is 0 Å². The van der Waals surface area contributed by atoms with Crippen molar-refractivity contribution in [3.63, 3.8) is 0 Å². The van der Waals surface area contributed by atoms with E-state index in [2.05, 4.69) is 5.32 Å². The number of anilines is 1. The van der Waals surface area contributed by atoms with E-state index in [9.17, 15) is 9.59 Å². The summed E-state index contributed by atoms with van der Waals surface area (Å²) < 4.78 is 21.4. The van der Waals surface area contributed by atoms with Gasteiger partial charge in [0, 0.05) is 11.3 Å². The maximum Gasteiger partial charge on any atom is 0.341 e. The molecule has 1 N–H and O–H groups in total. The number of hydrogen-bond donors (Lipinski definition) is 1. The Kier molecular flexibility index (Phi) is 6.61. The van der Waals surface area contributed by atoms with E-state index in [0.717, 1.165) is 21.8 Å². The first-order valence-electron chi connectivity index (χ1n) is 10.1. The zero-order valence-corrected chi connectivity index (χ0v) is 18.6. The third-order valence-corrected chi connectivity index (χ3v) is 6.24. The third-order valence-electron chi connectivity index (χ3n) is 5.03. The largest absolute Gasteiger partial charge is 0.493 e. The zero-order valence-electron chi connectivity index (χ0n) is 17.8. The van der Waals surface area contributed by atoms with Gasteiger partial charge in [-0.1, -0.05) is 24.3 Å². The van der Waals surface area contributed by atoms with Crippen molar-refractivity contribution in [2.75, 3.05) is 25.8 Å². The number of fused-ring (bicyclic) bond motifs is 1. The molecule has 0 saturated carbocycles. The molecule has 0 unspecified atom stereocenters. The van der Waals surface area contributed by atoms with Crippen molar-refractivity contribution >= 4 is 28.2 Å². The van der Waals surface area contributed by atoms with E-state index in [0.29, 0.717) is 28.5 Å². The molecule has 32 heavy (non-hydrogen) atoms. The number of hydrogen-bond acceptors (Lipinski definition) is 7. The van der Waals surface area contributed by atoms with E-state index < -0.39 is 5.97 Å². The number of ether oxygens (including phenoxy) is 4. The molecule has 0 aliphatic carbocycles. The lowest BCUT2D eigenvalue weighted by Crippen LogP contribution is -2.16. The first-order chi connectivity index (χ1) is 15.5. The monoisotopic (exact) mass is 453 g/mol. The van der Waals surface area contributed by atoms with Gasteiger partial charge in [0.25, 0.3) is 0 Å². The standard InChI is InChI=1S/C24H23NO6S/c1-15-20(13-16-8-9-18-19(12-16)31-14-30-18)32-23(22(15)24(27)28-2)25-21(26)10-11-29-17-6-4-3-5-7-17/h3-9,12H,10-11,13-14H2,1-2H3,(H,25,26). The second kappa shape index (κ2) is 9.74. The van der Waals surface area contributed by atoms with E-state index >= 15 is 0 Å². The Bertz CT molecular complexity index is 1130. The van der Waals surface area contributed by atoms with Gasteiger partial charge in [-0.25, -0.2) is 4.79 Å². The summed E-state index contributed by atoms with van der Waals surface area (Å²) in [5, 5.41) is 3.34. The maximum atomic E-state index is 12.5. The number of para-hydroxylation sites is 1. The first-order valence-corrected chi connectivity index (χ1v) is 10.9. The van der Waals surface area contributed by atoms with Crippen LogP contribution in [0.4, 0.5) is 5.00 Å². The van der Waals surface area contributed by atoms with E-state index in [1.807, 2.05) is 55.5 Å². The molecule has 4 rings (SSSR count).